The van der Waals surface area contributed by atoms with Gasteiger partial charge in [-0.05, 0) is 55.8 Å². The van der Waals surface area contributed by atoms with Gasteiger partial charge in [-0.15, -0.1) is 0 Å². The average molecular weight is 571 g/mol. The Bertz CT molecular complexity index is 1360. The van der Waals surface area contributed by atoms with Gasteiger partial charge in [0.2, 0.25) is 0 Å². The summed E-state index contributed by atoms with van der Waals surface area (Å²) in [5, 5.41) is 0. The molecule has 0 aliphatic carbocycles. The van der Waals surface area contributed by atoms with Crippen LogP contribution in [0.1, 0.15) is 34.5 Å². The number of halogens is 2. The second kappa shape index (κ2) is 11.5. The van der Waals surface area contributed by atoms with Crippen LogP contribution in [0.25, 0.3) is 0 Å². The third kappa shape index (κ3) is 6.04. The van der Waals surface area contributed by atoms with Gasteiger partial charge in [-0.3, -0.25) is 0 Å². The molecule has 0 spiro atoms. The number of hydrogen-bond donors (Lipinski definition) is 1. The predicted octanol–water partition coefficient (Wildman–Crippen LogP) is 7.30. The van der Waals surface area contributed by atoms with Gasteiger partial charge in [-0.25, -0.2) is 17.5 Å². The summed E-state index contributed by atoms with van der Waals surface area (Å²) >= 11 is 3.52. The van der Waals surface area contributed by atoms with Gasteiger partial charge in [0.05, 0.1) is 21.7 Å². The van der Waals surface area contributed by atoms with Crippen LogP contribution in [0, 0.1) is 13.8 Å². The molecule has 3 nitrogen and oxygen atoms in total. The van der Waals surface area contributed by atoms with E-state index in [1.807, 2.05) is 56.3 Å². The number of aryl methyl sites for hydroxylation is 2. The van der Waals surface area contributed by atoms with Crippen LogP contribution in [-0.2, 0) is 21.8 Å². The van der Waals surface area contributed by atoms with Crippen LogP contribution in [0.4, 0.5) is 4.39 Å². The molecule has 180 valence electrons. The molecule has 0 bridgehead atoms. The maximum Gasteiger partial charge on any atom is 0.147 e. The fraction of sp³-hybridized carbons (Fsp3) is 0.143. The second-order valence-corrected chi connectivity index (χ2v) is 11.8. The highest BCUT2D eigenvalue weighted by molar-refractivity contribution is 9.10. The topological polar surface area (TPSA) is 46.2 Å². The van der Waals surface area contributed by atoms with E-state index in [9.17, 15) is 8.42 Å². The zero-order valence-corrected chi connectivity index (χ0v) is 22.5. The summed E-state index contributed by atoms with van der Waals surface area (Å²) in [6.45, 7) is 3.91. The fourth-order valence-corrected chi connectivity index (χ4v) is 6.46. The van der Waals surface area contributed by atoms with E-state index in [4.69, 9.17) is 0 Å². The average Bonchev–Trinajstić information content (AvgIpc) is 2.88. The first-order chi connectivity index (χ1) is 16.8. The van der Waals surface area contributed by atoms with E-state index in [0.29, 0.717) is 30.3 Å². The summed E-state index contributed by atoms with van der Waals surface area (Å²) in [5.74, 6) is 0. The molecule has 4 aromatic carbocycles. The van der Waals surface area contributed by atoms with Crippen molar-refractivity contribution in [3.05, 3.63) is 124 Å². The quantitative estimate of drug-likeness (QED) is 0.242. The standard InChI is InChI=1S/C28H25BrFNO2S2/c1-19-11-15-21(16-12-19)34(32)26-10-6-4-8-24(26)27(30)28(23-7-3-5-9-25(23)29)31-35(33)22-17-13-20(2)14-18-22/h3-18,27-28,31H,1-2H3/t27-,28+,34-,35?/m0/s1. The van der Waals surface area contributed by atoms with Gasteiger partial charge in [-0.2, -0.15) is 0 Å². The van der Waals surface area contributed by atoms with Gasteiger partial charge < -0.3 is 0 Å². The van der Waals surface area contributed by atoms with Crippen molar-refractivity contribution in [2.45, 2.75) is 40.7 Å². The zero-order valence-electron chi connectivity index (χ0n) is 19.3. The monoisotopic (exact) mass is 569 g/mol. The van der Waals surface area contributed by atoms with Crippen molar-refractivity contribution < 1.29 is 12.8 Å². The molecule has 1 unspecified atom stereocenters. The summed E-state index contributed by atoms with van der Waals surface area (Å²) in [6.07, 6.45) is -1.62. The first-order valence-corrected chi connectivity index (χ1v) is 14.1. The Labute approximate surface area is 219 Å². The predicted molar refractivity (Wildman–Crippen MR) is 144 cm³/mol. The molecule has 4 rings (SSSR count). The molecule has 0 radical (unpaired) electrons. The van der Waals surface area contributed by atoms with Crippen LogP contribution in [0.3, 0.4) is 0 Å². The molecule has 7 heteroatoms. The number of benzene rings is 4. The normalized spacial score (nSPS) is 14.7. The minimum absolute atomic E-state index is 0.292. The Kier molecular flexibility index (Phi) is 8.44. The molecular formula is C28H25BrFNO2S2. The highest BCUT2D eigenvalue weighted by Crippen LogP contribution is 2.39. The van der Waals surface area contributed by atoms with E-state index in [2.05, 4.69) is 20.7 Å². The van der Waals surface area contributed by atoms with Crippen LogP contribution in [-0.4, -0.2) is 8.42 Å². The largest absolute Gasteiger partial charge is 0.249 e. The lowest BCUT2D eigenvalue weighted by Gasteiger charge is -2.25. The molecule has 1 N–H and O–H groups in total. The summed E-state index contributed by atoms with van der Waals surface area (Å²) in [6, 6.07) is 27.8. The van der Waals surface area contributed by atoms with Crippen LogP contribution in [0.2, 0.25) is 0 Å². The van der Waals surface area contributed by atoms with Crippen molar-refractivity contribution in [2.24, 2.45) is 0 Å². The van der Waals surface area contributed by atoms with Gasteiger partial charge in [-0.1, -0.05) is 87.7 Å². The first kappa shape index (κ1) is 25.6. The SMILES string of the molecule is Cc1ccc(S(=O)N[C@H](c2ccccc2Br)[C@@H](F)c2ccccc2[S@@](=O)c2ccc(C)cc2)cc1. The van der Waals surface area contributed by atoms with Crippen LogP contribution >= 0.6 is 15.9 Å². The van der Waals surface area contributed by atoms with Crippen LogP contribution < -0.4 is 4.72 Å². The van der Waals surface area contributed by atoms with Crippen molar-refractivity contribution in [1.82, 2.24) is 4.72 Å². The lowest BCUT2D eigenvalue weighted by molar-refractivity contribution is 0.274. The van der Waals surface area contributed by atoms with Gasteiger partial charge >= 0.3 is 0 Å². The minimum atomic E-state index is -1.67. The number of nitrogens with one attached hydrogen (secondary N) is 1. The summed E-state index contributed by atoms with van der Waals surface area (Å²) in [5.41, 5.74) is 3.01. The molecule has 0 aliphatic heterocycles. The van der Waals surface area contributed by atoms with Crippen LogP contribution in [0.15, 0.2) is 116 Å². The van der Waals surface area contributed by atoms with Gasteiger partial charge in [0.15, 0.2) is 0 Å². The molecule has 4 aromatic rings. The Hall–Kier alpha value is -2.45. The summed E-state index contributed by atoms with van der Waals surface area (Å²) < 4.78 is 46.8. The van der Waals surface area contributed by atoms with Crippen LogP contribution in [0.5, 0.6) is 0 Å². The molecule has 0 fully saturated rings. The minimum Gasteiger partial charge on any atom is -0.249 e. The highest BCUT2D eigenvalue weighted by Gasteiger charge is 2.31. The van der Waals surface area contributed by atoms with Crippen molar-refractivity contribution in [3.8, 4) is 0 Å². The van der Waals surface area contributed by atoms with E-state index < -0.39 is 34.0 Å². The molecule has 0 heterocycles. The molecule has 0 saturated carbocycles. The van der Waals surface area contributed by atoms with Gasteiger partial charge in [0, 0.05) is 19.8 Å². The Balaban J connectivity index is 1.74. The van der Waals surface area contributed by atoms with Crippen molar-refractivity contribution in [1.29, 1.82) is 0 Å². The van der Waals surface area contributed by atoms with E-state index in [-0.39, 0.29) is 0 Å². The number of alkyl halides is 1. The Morgan fingerprint density at radius 2 is 1.23 bits per heavy atom. The van der Waals surface area contributed by atoms with Crippen molar-refractivity contribution >= 4 is 37.7 Å². The second-order valence-electron chi connectivity index (χ2n) is 8.22. The first-order valence-electron chi connectivity index (χ1n) is 11.1. The van der Waals surface area contributed by atoms with Crippen molar-refractivity contribution in [3.63, 3.8) is 0 Å². The fourth-order valence-electron chi connectivity index (χ4n) is 3.70. The highest BCUT2D eigenvalue weighted by atomic mass is 79.9. The van der Waals surface area contributed by atoms with Gasteiger partial charge in [0.25, 0.3) is 0 Å². The summed E-state index contributed by atoms with van der Waals surface area (Å²) in [4.78, 5) is 1.55. The number of rotatable bonds is 8. The lowest BCUT2D eigenvalue weighted by atomic mass is 9.98. The smallest absolute Gasteiger partial charge is 0.147 e. The molecule has 0 amide bonds. The third-order valence-corrected chi connectivity index (χ3v) is 9.01. The Morgan fingerprint density at radius 1 is 0.714 bits per heavy atom. The molecule has 0 aromatic heterocycles. The van der Waals surface area contributed by atoms with E-state index in [0.717, 1.165) is 11.1 Å². The maximum atomic E-state index is 16.5. The lowest BCUT2D eigenvalue weighted by Crippen LogP contribution is -2.28. The molecule has 35 heavy (non-hydrogen) atoms. The zero-order chi connectivity index (χ0) is 24.9. The molecule has 0 aliphatic rings. The molecule has 4 atom stereocenters. The summed E-state index contributed by atoms with van der Waals surface area (Å²) in [7, 11) is -3.24. The maximum absolute atomic E-state index is 16.5. The third-order valence-electron chi connectivity index (χ3n) is 5.65. The van der Waals surface area contributed by atoms with Crippen molar-refractivity contribution in [2.75, 3.05) is 0 Å². The molecular weight excluding hydrogens is 545 g/mol. The Morgan fingerprint density at radius 3 is 1.83 bits per heavy atom. The number of hydrogen-bond acceptors (Lipinski definition) is 2. The van der Waals surface area contributed by atoms with E-state index in [1.165, 1.54) is 0 Å². The van der Waals surface area contributed by atoms with E-state index in [1.54, 1.807) is 54.6 Å². The van der Waals surface area contributed by atoms with Gasteiger partial charge in [0.1, 0.15) is 17.2 Å². The molecule has 0 saturated heterocycles. The van der Waals surface area contributed by atoms with E-state index >= 15 is 4.39 Å².